The normalized spacial score (nSPS) is 17.9. The minimum atomic E-state index is 0.522. The molecule has 0 atom stereocenters. The van der Waals surface area contributed by atoms with Crippen molar-refractivity contribution in [1.82, 2.24) is 9.80 Å². The van der Waals surface area contributed by atoms with Gasteiger partial charge in [0, 0.05) is 25.7 Å². The summed E-state index contributed by atoms with van der Waals surface area (Å²) < 4.78 is 0. The third-order valence-electron chi connectivity index (χ3n) is 2.99. The summed E-state index contributed by atoms with van der Waals surface area (Å²) in [7, 11) is 0. The predicted molar refractivity (Wildman–Crippen MR) is 69.2 cm³/mol. The average Bonchev–Trinajstić information content (AvgIpc) is 2.63. The molecule has 2 N–H and O–H groups in total. The van der Waals surface area contributed by atoms with Gasteiger partial charge in [-0.05, 0) is 39.8 Å². The molecule has 0 aromatic carbocycles. The van der Waals surface area contributed by atoms with Crippen LogP contribution in [0.2, 0.25) is 0 Å². The number of rotatable bonds is 6. The third-order valence-corrected chi connectivity index (χ3v) is 3.12. The molecule has 0 bridgehead atoms. The highest BCUT2D eigenvalue weighted by Crippen LogP contribution is 2.07. The SMILES string of the molecule is CC(C)N(CCN1CCCC1)CC(N)=S. The highest BCUT2D eigenvalue weighted by atomic mass is 32.1. The number of nitrogens with two attached hydrogens (primary N) is 1. The molecule has 4 heteroatoms. The molecule has 1 saturated heterocycles. The van der Waals surface area contributed by atoms with Gasteiger partial charge in [-0.25, -0.2) is 0 Å². The summed E-state index contributed by atoms with van der Waals surface area (Å²) in [4.78, 5) is 5.47. The van der Waals surface area contributed by atoms with Crippen LogP contribution in [0.25, 0.3) is 0 Å². The van der Waals surface area contributed by atoms with Crippen molar-refractivity contribution in [2.24, 2.45) is 5.73 Å². The molecule has 0 saturated carbocycles. The Labute approximate surface area is 98.6 Å². The van der Waals surface area contributed by atoms with Crippen LogP contribution in [0.4, 0.5) is 0 Å². The minimum absolute atomic E-state index is 0.522. The lowest BCUT2D eigenvalue weighted by atomic mass is 10.3. The van der Waals surface area contributed by atoms with Gasteiger partial charge in [-0.15, -0.1) is 0 Å². The fourth-order valence-electron chi connectivity index (χ4n) is 2.00. The maximum absolute atomic E-state index is 5.59. The third kappa shape index (κ3) is 4.91. The van der Waals surface area contributed by atoms with Gasteiger partial charge in [0.25, 0.3) is 0 Å². The second kappa shape index (κ2) is 6.40. The first-order valence-electron chi connectivity index (χ1n) is 5.84. The van der Waals surface area contributed by atoms with E-state index in [0.29, 0.717) is 11.0 Å². The second-order valence-electron chi connectivity index (χ2n) is 4.58. The lowest BCUT2D eigenvalue weighted by Crippen LogP contribution is -2.42. The highest BCUT2D eigenvalue weighted by molar-refractivity contribution is 7.80. The molecule has 0 aromatic rings. The van der Waals surface area contributed by atoms with Gasteiger partial charge in [-0.1, -0.05) is 12.2 Å². The van der Waals surface area contributed by atoms with E-state index in [9.17, 15) is 0 Å². The first-order chi connectivity index (χ1) is 7.09. The topological polar surface area (TPSA) is 32.5 Å². The van der Waals surface area contributed by atoms with Crippen LogP contribution in [0.3, 0.4) is 0 Å². The summed E-state index contributed by atoms with van der Waals surface area (Å²) in [6, 6.07) is 0.522. The van der Waals surface area contributed by atoms with Crippen molar-refractivity contribution in [2.75, 3.05) is 32.7 Å². The van der Waals surface area contributed by atoms with Gasteiger partial charge in [-0.2, -0.15) is 0 Å². The molecular formula is C11H23N3S. The van der Waals surface area contributed by atoms with Crippen LogP contribution >= 0.6 is 12.2 Å². The number of nitrogens with zero attached hydrogens (tertiary/aromatic N) is 2. The molecular weight excluding hydrogens is 206 g/mol. The van der Waals surface area contributed by atoms with E-state index < -0.39 is 0 Å². The quantitative estimate of drug-likeness (QED) is 0.691. The van der Waals surface area contributed by atoms with E-state index in [0.717, 1.165) is 19.6 Å². The Morgan fingerprint density at radius 1 is 1.40 bits per heavy atom. The maximum atomic E-state index is 5.59. The molecule has 1 rings (SSSR count). The Bertz CT molecular complexity index is 200. The number of hydrogen-bond donors (Lipinski definition) is 1. The maximum Gasteiger partial charge on any atom is 0.0870 e. The molecule has 1 fully saturated rings. The Morgan fingerprint density at radius 3 is 2.47 bits per heavy atom. The zero-order valence-corrected chi connectivity index (χ0v) is 10.7. The number of hydrogen-bond acceptors (Lipinski definition) is 3. The molecule has 1 aliphatic rings. The van der Waals surface area contributed by atoms with E-state index in [1.165, 1.54) is 25.9 Å². The van der Waals surface area contributed by atoms with Gasteiger partial charge in [-0.3, -0.25) is 4.90 Å². The summed E-state index contributed by atoms with van der Waals surface area (Å²) in [5.41, 5.74) is 5.59. The van der Waals surface area contributed by atoms with E-state index in [1.54, 1.807) is 0 Å². The second-order valence-corrected chi connectivity index (χ2v) is 5.10. The monoisotopic (exact) mass is 229 g/mol. The summed E-state index contributed by atoms with van der Waals surface area (Å²) in [5.74, 6) is 0. The zero-order chi connectivity index (χ0) is 11.3. The Kier molecular flexibility index (Phi) is 5.50. The van der Waals surface area contributed by atoms with Crippen molar-refractivity contribution in [1.29, 1.82) is 0 Å². The molecule has 15 heavy (non-hydrogen) atoms. The van der Waals surface area contributed by atoms with Crippen molar-refractivity contribution < 1.29 is 0 Å². The summed E-state index contributed by atoms with van der Waals surface area (Å²) in [6.07, 6.45) is 2.72. The summed E-state index contributed by atoms with van der Waals surface area (Å²) in [6.45, 7) is 9.90. The number of likely N-dealkylation sites (tertiary alicyclic amines) is 1. The van der Waals surface area contributed by atoms with Gasteiger partial charge in [0.15, 0.2) is 0 Å². The number of thiocarbonyl (C=S) groups is 1. The zero-order valence-electron chi connectivity index (χ0n) is 9.91. The Hall–Kier alpha value is -0.190. The molecule has 0 radical (unpaired) electrons. The molecule has 0 aliphatic carbocycles. The van der Waals surface area contributed by atoms with E-state index in [2.05, 4.69) is 23.6 Å². The molecule has 0 aromatic heterocycles. The van der Waals surface area contributed by atoms with Crippen molar-refractivity contribution in [3.05, 3.63) is 0 Å². The van der Waals surface area contributed by atoms with Crippen molar-refractivity contribution >= 4 is 17.2 Å². The van der Waals surface area contributed by atoms with E-state index in [4.69, 9.17) is 18.0 Å². The summed E-state index contributed by atoms with van der Waals surface area (Å²) >= 11 is 4.96. The van der Waals surface area contributed by atoms with Crippen molar-refractivity contribution in [3.63, 3.8) is 0 Å². The van der Waals surface area contributed by atoms with Crippen LogP contribution in [0, 0.1) is 0 Å². The van der Waals surface area contributed by atoms with Crippen molar-refractivity contribution in [2.45, 2.75) is 32.7 Å². The largest absolute Gasteiger partial charge is 0.392 e. The lowest BCUT2D eigenvalue weighted by Gasteiger charge is -2.28. The van der Waals surface area contributed by atoms with Gasteiger partial charge >= 0.3 is 0 Å². The van der Waals surface area contributed by atoms with Crippen LogP contribution in [0.1, 0.15) is 26.7 Å². The van der Waals surface area contributed by atoms with Gasteiger partial charge in [0.1, 0.15) is 0 Å². The lowest BCUT2D eigenvalue weighted by molar-refractivity contribution is 0.211. The van der Waals surface area contributed by atoms with Gasteiger partial charge in [0.05, 0.1) is 4.99 Å². The Balaban J connectivity index is 2.27. The molecule has 88 valence electrons. The van der Waals surface area contributed by atoms with Crippen LogP contribution in [0.5, 0.6) is 0 Å². The predicted octanol–water partition coefficient (Wildman–Crippen LogP) is 1.08. The molecule has 0 unspecified atom stereocenters. The first-order valence-corrected chi connectivity index (χ1v) is 6.25. The Morgan fingerprint density at radius 2 is 2.00 bits per heavy atom. The van der Waals surface area contributed by atoms with Crippen LogP contribution in [0.15, 0.2) is 0 Å². The molecule has 1 aliphatic heterocycles. The van der Waals surface area contributed by atoms with Gasteiger partial charge in [0.2, 0.25) is 0 Å². The highest BCUT2D eigenvalue weighted by Gasteiger charge is 2.15. The fraction of sp³-hybridized carbons (Fsp3) is 0.909. The molecule has 3 nitrogen and oxygen atoms in total. The standard InChI is InChI=1S/C11H23N3S/c1-10(2)14(9-11(12)15)8-7-13-5-3-4-6-13/h10H,3-9H2,1-2H3,(H2,12,15). The minimum Gasteiger partial charge on any atom is -0.392 e. The first kappa shape index (κ1) is 12.9. The van der Waals surface area contributed by atoms with E-state index in [-0.39, 0.29) is 0 Å². The molecule has 0 amide bonds. The van der Waals surface area contributed by atoms with Gasteiger partial charge < -0.3 is 10.6 Å². The molecule has 0 spiro atoms. The van der Waals surface area contributed by atoms with Crippen molar-refractivity contribution in [3.8, 4) is 0 Å². The summed E-state index contributed by atoms with van der Waals surface area (Å²) in [5, 5.41) is 0. The average molecular weight is 229 g/mol. The van der Waals surface area contributed by atoms with Crippen LogP contribution in [-0.2, 0) is 0 Å². The van der Waals surface area contributed by atoms with Crippen LogP contribution in [-0.4, -0.2) is 53.6 Å². The smallest absolute Gasteiger partial charge is 0.0870 e. The van der Waals surface area contributed by atoms with Crippen LogP contribution < -0.4 is 5.73 Å². The fourth-order valence-corrected chi connectivity index (χ4v) is 2.16. The molecule has 1 heterocycles. The van der Waals surface area contributed by atoms with E-state index >= 15 is 0 Å². The van der Waals surface area contributed by atoms with E-state index in [1.807, 2.05) is 0 Å².